The molecular weight excluding hydrogens is 308 g/mol. The number of rotatable bonds is 3. The van der Waals surface area contributed by atoms with Crippen molar-refractivity contribution in [3.05, 3.63) is 29.6 Å². The van der Waals surface area contributed by atoms with Gasteiger partial charge in [0.05, 0.1) is 18.3 Å². The van der Waals surface area contributed by atoms with E-state index in [0.29, 0.717) is 13.0 Å². The van der Waals surface area contributed by atoms with E-state index in [-0.39, 0.29) is 35.4 Å². The second kappa shape index (κ2) is 5.94. The summed E-state index contributed by atoms with van der Waals surface area (Å²) in [6.07, 6.45) is 0.608. The molecule has 8 heteroatoms. The monoisotopic (exact) mass is 323 g/mol. The van der Waals surface area contributed by atoms with Crippen LogP contribution in [0.3, 0.4) is 0 Å². The zero-order valence-corrected chi connectivity index (χ0v) is 12.7. The maximum Gasteiger partial charge on any atom is 0.345 e. The molecule has 0 bridgehead atoms. The van der Waals surface area contributed by atoms with Crippen LogP contribution in [-0.2, 0) is 11.3 Å². The minimum Gasteiger partial charge on any atom is -0.474 e. The average Bonchev–Trinajstić information content (AvgIpc) is 2.85. The van der Waals surface area contributed by atoms with E-state index in [2.05, 4.69) is 10.1 Å². The first-order valence-electron chi connectivity index (χ1n) is 7.28. The standard InChI is InChI=1S/C15H15F2N3O3/c1-3-22-15(21)11-12(9-4-5-10(16)18-13(9)17)19-20-7-6-8(2)23-14(11)20/h4-5,8H,3,6-7H2,1-2H3/t8-/m0/s1. The van der Waals surface area contributed by atoms with Crippen molar-refractivity contribution in [2.24, 2.45) is 0 Å². The number of fused-ring (bicyclic) bond motifs is 1. The minimum atomic E-state index is -1.04. The van der Waals surface area contributed by atoms with Crippen LogP contribution in [0.2, 0.25) is 0 Å². The van der Waals surface area contributed by atoms with Crippen molar-refractivity contribution in [2.45, 2.75) is 32.9 Å². The molecule has 0 aromatic carbocycles. The number of pyridine rings is 1. The van der Waals surface area contributed by atoms with Crippen LogP contribution in [0.5, 0.6) is 5.88 Å². The predicted molar refractivity (Wildman–Crippen MR) is 76.0 cm³/mol. The summed E-state index contributed by atoms with van der Waals surface area (Å²) in [5.41, 5.74) is -0.00383. The van der Waals surface area contributed by atoms with Crippen molar-refractivity contribution in [2.75, 3.05) is 6.61 Å². The first-order valence-corrected chi connectivity index (χ1v) is 7.28. The molecule has 0 amide bonds. The highest BCUT2D eigenvalue weighted by Gasteiger charge is 2.32. The molecular formula is C15H15F2N3O3. The first kappa shape index (κ1) is 15.4. The van der Waals surface area contributed by atoms with Gasteiger partial charge >= 0.3 is 5.97 Å². The van der Waals surface area contributed by atoms with Gasteiger partial charge in [-0.15, -0.1) is 0 Å². The van der Waals surface area contributed by atoms with Crippen molar-refractivity contribution in [3.8, 4) is 17.1 Å². The van der Waals surface area contributed by atoms with Gasteiger partial charge in [0.25, 0.3) is 0 Å². The Bertz CT molecular complexity index is 761. The highest BCUT2D eigenvalue weighted by Crippen LogP contribution is 2.35. The van der Waals surface area contributed by atoms with Crippen LogP contribution in [0.25, 0.3) is 11.3 Å². The molecule has 1 aliphatic heterocycles. The second-order valence-corrected chi connectivity index (χ2v) is 5.16. The lowest BCUT2D eigenvalue weighted by molar-refractivity contribution is 0.0515. The van der Waals surface area contributed by atoms with Crippen LogP contribution in [0.15, 0.2) is 12.1 Å². The third-order valence-electron chi connectivity index (χ3n) is 3.52. The lowest BCUT2D eigenvalue weighted by Gasteiger charge is -2.21. The molecule has 0 aliphatic carbocycles. The number of hydrogen-bond acceptors (Lipinski definition) is 5. The van der Waals surface area contributed by atoms with E-state index in [1.807, 2.05) is 6.92 Å². The predicted octanol–water partition coefficient (Wildman–Crippen LogP) is 2.57. The van der Waals surface area contributed by atoms with Gasteiger partial charge in [0.1, 0.15) is 11.3 Å². The van der Waals surface area contributed by atoms with E-state index in [1.165, 1.54) is 10.7 Å². The van der Waals surface area contributed by atoms with Crippen molar-refractivity contribution in [1.82, 2.24) is 14.8 Å². The molecule has 0 radical (unpaired) electrons. The van der Waals surface area contributed by atoms with E-state index in [0.717, 1.165) is 6.07 Å². The van der Waals surface area contributed by atoms with Gasteiger partial charge in [0.2, 0.25) is 17.8 Å². The average molecular weight is 323 g/mol. The number of nitrogens with zero attached hydrogens (tertiary/aromatic N) is 3. The van der Waals surface area contributed by atoms with Gasteiger partial charge in [-0.3, -0.25) is 0 Å². The van der Waals surface area contributed by atoms with Gasteiger partial charge in [0, 0.05) is 13.0 Å². The molecule has 0 fully saturated rings. The number of carbonyl (C=O) groups is 1. The first-order chi connectivity index (χ1) is 11.0. The molecule has 1 aliphatic rings. The van der Waals surface area contributed by atoms with Gasteiger partial charge in [-0.2, -0.15) is 18.9 Å². The molecule has 23 heavy (non-hydrogen) atoms. The van der Waals surface area contributed by atoms with Crippen LogP contribution in [0.1, 0.15) is 30.6 Å². The van der Waals surface area contributed by atoms with Gasteiger partial charge in [-0.1, -0.05) is 0 Å². The van der Waals surface area contributed by atoms with E-state index in [4.69, 9.17) is 9.47 Å². The molecule has 0 saturated carbocycles. The summed E-state index contributed by atoms with van der Waals surface area (Å²) in [5, 5.41) is 4.24. The Balaban J connectivity index is 2.18. The summed E-state index contributed by atoms with van der Waals surface area (Å²) >= 11 is 0. The Kier molecular flexibility index (Phi) is 3.97. The SMILES string of the molecule is CCOC(=O)c1c(-c2ccc(F)nc2F)nn2c1O[C@@H](C)CC2. The lowest BCUT2D eigenvalue weighted by atomic mass is 10.1. The third-order valence-corrected chi connectivity index (χ3v) is 3.52. The normalized spacial score (nSPS) is 16.6. The zero-order chi connectivity index (χ0) is 16.6. The van der Waals surface area contributed by atoms with Crippen LogP contribution in [0.4, 0.5) is 8.78 Å². The molecule has 0 N–H and O–H groups in total. The van der Waals surface area contributed by atoms with E-state index < -0.39 is 17.9 Å². The Labute approximate surface area is 131 Å². The summed E-state index contributed by atoms with van der Waals surface area (Å²) in [6, 6.07) is 2.20. The number of ether oxygens (including phenoxy) is 2. The smallest absolute Gasteiger partial charge is 0.345 e. The van der Waals surface area contributed by atoms with Crippen molar-refractivity contribution >= 4 is 5.97 Å². The van der Waals surface area contributed by atoms with Gasteiger partial charge in [-0.05, 0) is 26.0 Å². The molecule has 0 unspecified atom stereocenters. The number of aryl methyl sites for hydroxylation is 1. The maximum atomic E-state index is 14.0. The quantitative estimate of drug-likeness (QED) is 0.641. The summed E-state index contributed by atoms with van der Waals surface area (Å²) in [5.74, 6) is -2.42. The Morgan fingerprint density at radius 1 is 1.48 bits per heavy atom. The van der Waals surface area contributed by atoms with Crippen molar-refractivity contribution in [1.29, 1.82) is 0 Å². The zero-order valence-electron chi connectivity index (χ0n) is 12.7. The topological polar surface area (TPSA) is 66.2 Å². The molecule has 1 atom stereocenters. The Morgan fingerprint density at radius 3 is 2.96 bits per heavy atom. The fourth-order valence-corrected chi connectivity index (χ4v) is 2.44. The van der Waals surface area contributed by atoms with Crippen molar-refractivity contribution in [3.63, 3.8) is 0 Å². The van der Waals surface area contributed by atoms with Gasteiger partial charge < -0.3 is 9.47 Å². The lowest BCUT2D eigenvalue weighted by Crippen LogP contribution is -2.24. The summed E-state index contributed by atoms with van der Waals surface area (Å²) < 4.78 is 39.2. The third kappa shape index (κ3) is 2.76. The number of carbonyl (C=O) groups excluding carboxylic acids is 1. The molecule has 3 heterocycles. The largest absolute Gasteiger partial charge is 0.474 e. The van der Waals surface area contributed by atoms with E-state index >= 15 is 0 Å². The minimum absolute atomic E-state index is 0.0331. The van der Waals surface area contributed by atoms with Gasteiger partial charge in [-0.25, -0.2) is 9.48 Å². The fourth-order valence-electron chi connectivity index (χ4n) is 2.44. The number of hydrogen-bond donors (Lipinski definition) is 0. The molecule has 0 saturated heterocycles. The molecule has 0 spiro atoms. The van der Waals surface area contributed by atoms with Gasteiger partial charge in [0.15, 0.2) is 0 Å². The summed E-state index contributed by atoms with van der Waals surface area (Å²) in [6.45, 7) is 4.21. The molecule has 6 nitrogen and oxygen atoms in total. The Morgan fingerprint density at radius 2 is 2.26 bits per heavy atom. The summed E-state index contributed by atoms with van der Waals surface area (Å²) in [4.78, 5) is 15.4. The number of aromatic nitrogens is 3. The molecule has 2 aromatic heterocycles. The number of esters is 1. The van der Waals surface area contributed by atoms with Crippen LogP contribution >= 0.6 is 0 Å². The van der Waals surface area contributed by atoms with Crippen LogP contribution < -0.4 is 4.74 Å². The van der Waals surface area contributed by atoms with Crippen LogP contribution in [-0.4, -0.2) is 33.4 Å². The summed E-state index contributed by atoms with van der Waals surface area (Å²) in [7, 11) is 0. The highest BCUT2D eigenvalue weighted by molar-refractivity contribution is 5.98. The van der Waals surface area contributed by atoms with Crippen LogP contribution in [0, 0.1) is 11.9 Å². The second-order valence-electron chi connectivity index (χ2n) is 5.16. The molecule has 3 rings (SSSR count). The Hall–Kier alpha value is -2.51. The molecule has 2 aromatic rings. The maximum absolute atomic E-state index is 14.0. The van der Waals surface area contributed by atoms with E-state index in [9.17, 15) is 13.6 Å². The highest BCUT2D eigenvalue weighted by atomic mass is 19.1. The fraction of sp³-hybridized carbons (Fsp3) is 0.400. The number of halogens is 2. The molecule has 122 valence electrons. The van der Waals surface area contributed by atoms with E-state index in [1.54, 1.807) is 6.92 Å². The van der Waals surface area contributed by atoms with Crippen molar-refractivity contribution < 1.29 is 23.0 Å².